The van der Waals surface area contributed by atoms with E-state index in [9.17, 15) is 5.26 Å². The van der Waals surface area contributed by atoms with E-state index in [2.05, 4.69) is 82.3 Å². The average molecular weight is 483 g/mol. The standard InChI is InChI=1S/C32H26BNO3/c1-30(2)31(3,4)37-33(36-30)21-14-16-25-23(18-21)22-17-20(19-34)13-15-24(22)32(25)26-9-5-7-11-28(26)35-29-12-8-6-10-27(29)32/h5-18H,1-4H3. The molecule has 4 nitrogen and oxygen atoms in total. The van der Waals surface area contributed by atoms with Crippen LogP contribution in [0.1, 0.15) is 55.5 Å². The first-order valence-electron chi connectivity index (χ1n) is 12.7. The van der Waals surface area contributed by atoms with Crippen LogP contribution >= 0.6 is 0 Å². The van der Waals surface area contributed by atoms with E-state index < -0.39 is 23.7 Å². The summed E-state index contributed by atoms with van der Waals surface area (Å²) in [6, 6.07) is 31.4. The molecule has 37 heavy (non-hydrogen) atoms. The highest BCUT2D eigenvalue weighted by molar-refractivity contribution is 6.62. The van der Waals surface area contributed by atoms with Gasteiger partial charge in [-0.2, -0.15) is 5.26 Å². The fourth-order valence-corrected chi connectivity index (χ4v) is 6.12. The summed E-state index contributed by atoms with van der Waals surface area (Å²) < 4.78 is 19.2. The van der Waals surface area contributed by atoms with E-state index in [0.717, 1.165) is 44.8 Å². The molecule has 0 aromatic heterocycles. The van der Waals surface area contributed by atoms with Crippen LogP contribution in [0.3, 0.4) is 0 Å². The Morgan fingerprint density at radius 3 is 1.78 bits per heavy atom. The van der Waals surface area contributed by atoms with Crippen molar-refractivity contribution in [2.75, 3.05) is 0 Å². The Labute approximate surface area is 217 Å². The van der Waals surface area contributed by atoms with Crippen molar-refractivity contribution in [1.82, 2.24) is 0 Å². The van der Waals surface area contributed by atoms with Crippen LogP contribution in [-0.4, -0.2) is 18.3 Å². The van der Waals surface area contributed by atoms with Crippen LogP contribution in [0.4, 0.5) is 0 Å². The maximum atomic E-state index is 9.77. The molecule has 3 aliphatic rings. The van der Waals surface area contributed by atoms with Crippen LogP contribution in [-0.2, 0) is 14.7 Å². The second-order valence-electron chi connectivity index (χ2n) is 11.1. The molecule has 1 aliphatic carbocycles. The van der Waals surface area contributed by atoms with Crippen molar-refractivity contribution in [2.24, 2.45) is 0 Å². The van der Waals surface area contributed by atoms with Crippen molar-refractivity contribution in [3.05, 3.63) is 113 Å². The first-order valence-corrected chi connectivity index (χ1v) is 12.7. The van der Waals surface area contributed by atoms with Crippen LogP contribution in [0, 0.1) is 11.3 Å². The van der Waals surface area contributed by atoms with Crippen molar-refractivity contribution in [3.8, 4) is 28.7 Å². The van der Waals surface area contributed by atoms with E-state index >= 15 is 0 Å². The summed E-state index contributed by atoms with van der Waals surface area (Å²) in [5.74, 6) is 1.69. The molecule has 1 spiro atoms. The molecule has 0 N–H and O–H groups in total. The van der Waals surface area contributed by atoms with Gasteiger partial charge in [0.25, 0.3) is 0 Å². The highest BCUT2D eigenvalue weighted by Crippen LogP contribution is 2.61. The van der Waals surface area contributed by atoms with E-state index in [1.165, 1.54) is 5.56 Å². The predicted molar refractivity (Wildman–Crippen MR) is 144 cm³/mol. The maximum Gasteiger partial charge on any atom is 0.494 e. The minimum Gasteiger partial charge on any atom is -0.457 e. The van der Waals surface area contributed by atoms with Crippen molar-refractivity contribution in [2.45, 2.75) is 44.3 Å². The molecule has 0 bridgehead atoms. The largest absolute Gasteiger partial charge is 0.494 e. The molecule has 0 radical (unpaired) electrons. The number of hydrogen-bond acceptors (Lipinski definition) is 4. The van der Waals surface area contributed by atoms with Crippen molar-refractivity contribution >= 4 is 12.6 Å². The minimum atomic E-state index is -0.557. The van der Waals surface area contributed by atoms with Gasteiger partial charge in [0, 0.05) is 11.1 Å². The Kier molecular flexibility index (Phi) is 4.44. The number of nitriles is 1. The molecule has 0 saturated carbocycles. The third-order valence-corrected chi connectivity index (χ3v) is 8.62. The molecule has 0 atom stereocenters. The molecule has 1 fully saturated rings. The van der Waals surface area contributed by atoms with E-state index in [1.807, 2.05) is 36.4 Å². The Morgan fingerprint density at radius 1 is 0.649 bits per heavy atom. The minimum absolute atomic E-state index is 0.428. The van der Waals surface area contributed by atoms with Gasteiger partial charge in [-0.3, -0.25) is 0 Å². The van der Waals surface area contributed by atoms with E-state index in [4.69, 9.17) is 14.0 Å². The lowest BCUT2D eigenvalue weighted by atomic mass is 9.65. The Bertz CT molecular complexity index is 1590. The Morgan fingerprint density at radius 2 is 1.19 bits per heavy atom. The summed E-state index contributed by atoms with van der Waals surface area (Å²) in [5.41, 5.74) is 6.85. The summed E-state index contributed by atoms with van der Waals surface area (Å²) in [6.07, 6.45) is 0. The summed E-state index contributed by atoms with van der Waals surface area (Å²) in [7, 11) is -0.469. The first-order chi connectivity index (χ1) is 17.8. The quantitative estimate of drug-likeness (QED) is 0.257. The normalized spacial score (nSPS) is 18.8. The van der Waals surface area contributed by atoms with E-state index in [1.54, 1.807) is 0 Å². The smallest absolute Gasteiger partial charge is 0.457 e. The third kappa shape index (κ3) is 2.86. The van der Waals surface area contributed by atoms with Gasteiger partial charge in [0.15, 0.2) is 0 Å². The fraction of sp³-hybridized carbons (Fsp3) is 0.219. The van der Waals surface area contributed by atoms with E-state index in [-0.39, 0.29) is 0 Å². The molecule has 2 aliphatic heterocycles. The second kappa shape index (κ2) is 7.35. The highest BCUT2D eigenvalue weighted by Gasteiger charge is 2.54. The Hall–Kier alpha value is -3.85. The predicted octanol–water partition coefficient (Wildman–Crippen LogP) is 6.33. The lowest BCUT2D eigenvalue weighted by molar-refractivity contribution is 0.00578. The third-order valence-electron chi connectivity index (χ3n) is 8.62. The molecule has 0 amide bonds. The zero-order valence-corrected chi connectivity index (χ0v) is 21.3. The van der Waals surface area contributed by atoms with Crippen LogP contribution in [0.2, 0.25) is 0 Å². The monoisotopic (exact) mass is 483 g/mol. The molecular formula is C32H26BNO3. The lowest BCUT2D eigenvalue weighted by Crippen LogP contribution is -2.41. The molecule has 0 unspecified atom stereocenters. The molecule has 180 valence electrons. The van der Waals surface area contributed by atoms with Crippen LogP contribution in [0.5, 0.6) is 11.5 Å². The number of para-hydroxylation sites is 2. The van der Waals surface area contributed by atoms with Gasteiger partial charge >= 0.3 is 7.12 Å². The zero-order valence-electron chi connectivity index (χ0n) is 21.3. The van der Waals surface area contributed by atoms with Crippen molar-refractivity contribution in [3.63, 3.8) is 0 Å². The SMILES string of the molecule is CC1(C)OB(c2ccc3c(c2)-c2cc(C#N)ccc2C32c3ccccc3Oc3ccccc32)OC1(C)C. The van der Waals surface area contributed by atoms with Gasteiger partial charge < -0.3 is 14.0 Å². The molecule has 4 aromatic rings. The highest BCUT2D eigenvalue weighted by atomic mass is 16.7. The van der Waals surface area contributed by atoms with Crippen molar-refractivity contribution < 1.29 is 14.0 Å². The van der Waals surface area contributed by atoms with Gasteiger partial charge in [0.2, 0.25) is 0 Å². The Balaban J connectivity index is 1.53. The fourth-order valence-electron chi connectivity index (χ4n) is 6.12. The number of hydrogen-bond donors (Lipinski definition) is 0. The van der Waals surface area contributed by atoms with Gasteiger partial charge in [0.05, 0.1) is 28.2 Å². The van der Waals surface area contributed by atoms with Gasteiger partial charge in [-0.05, 0) is 79.7 Å². The average Bonchev–Trinajstić information content (AvgIpc) is 3.30. The van der Waals surface area contributed by atoms with Crippen LogP contribution < -0.4 is 10.2 Å². The van der Waals surface area contributed by atoms with Crippen LogP contribution in [0.25, 0.3) is 11.1 Å². The molecule has 7 rings (SSSR count). The zero-order chi connectivity index (χ0) is 25.6. The lowest BCUT2D eigenvalue weighted by Gasteiger charge is -2.39. The van der Waals surface area contributed by atoms with Gasteiger partial charge in [-0.15, -0.1) is 0 Å². The number of fused-ring (bicyclic) bond motifs is 9. The molecule has 2 heterocycles. The maximum absolute atomic E-state index is 9.77. The summed E-state index contributed by atoms with van der Waals surface area (Å²) in [5, 5.41) is 9.77. The van der Waals surface area contributed by atoms with Crippen molar-refractivity contribution in [1.29, 1.82) is 5.26 Å². The summed E-state index contributed by atoms with van der Waals surface area (Å²) >= 11 is 0. The summed E-state index contributed by atoms with van der Waals surface area (Å²) in [6.45, 7) is 8.28. The second-order valence-corrected chi connectivity index (χ2v) is 11.1. The molecule has 4 aromatic carbocycles. The number of rotatable bonds is 1. The topological polar surface area (TPSA) is 51.5 Å². The molecule has 5 heteroatoms. The number of nitrogens with zero attached hydrogens (tertiary/aromatic N) is 1. The summed E-state index contributed by atoms with van der Waals surface area (Å²) in [4.78, 5) is 0. The van der Waals surface area contributed by atoms with Gasteiger partial charge in [0.1, 0.15) is 11.5 Å². The number of ether oxygens (including phenoxy) is 1. The number of benzene rings is 4. The van der Waals surface area contributed by atoms with Gasteiger partial charge in [-0.1, -0.05) is 60.7 Å². The molecular weight excluding hydrogens is 457 g/mol. The van der Waals surface area contributed by atoms with E-state index in [0.29, 0.717) is 5.56 Å². The van der Waals surface area contributed by atoms with Crippen LogP contribution in [0.15, 0.2) is 84.9 Å². The first kappa shape index (κ1) is 22.4. The van der Waals surface area contributed by atoms with Gasteiger partial charge in [-0.25, -0.2) is 0 Å². The molecule has 1 saturated heterocycles.